The number of aryl methyl sites for hydroxylation is 4. The Balaban J connectivity index is 2.24. The summed E-state index contributed by atoms with van der Waals surface area (Å²) in [4.78, 5) is 4.87. The second-order valence-electron chi connectivity index (χ2n) is 7.41. The largest absolute Gasteiger partial charge is 0.297 e. The van der Waals surface area contributed by atoms with E-state index in [1.807, 2.05) is 6.20 Å². The highest BCUT2D eigenvalue weighted by molar-refractivity contribution is 6.13. The molecule has 3 heterocycles. The molecule has 0 atom stereocenters. The van der Waals surface area contributed by atoms with Crippen molar-refractivity contribution in [2.24, 2.45) is 7.05 Å². The van der Waals surface area contributed by atoms with Crippen LogP contribution in [0.2, 0.25) is 0 Å². The first-order chi connectivity index (χ1) is 13.2. The molecule has 0 unspecified atom stereocenters. The molecule has 2 aromatic carbocycles. The Morgan fingerprint density at radius 2 is 1.78 bits per heavy atom. The summed E-state index contributed by atoms with van der Waals surface area (Å²) >= 11 is 0. The lowest BCUT2D eigenvalue weighted by molar-refractivity contribution is -0.617. The minimum atomic E-state index is 1.01. The van der Waals surface area contributed by atoms with Gasteiger partial charge in [0.15, 0.2) is 11.0 Å². The highest BCUT2D eigenvalue weighted by Crippen LogP contribution is 2.34. The van der Waals surface area contributed by atoms with E-state index < -0.39 is 0 Å². The Hall–Kier alpha value is -2.94. The van der Waals surface area contributed by atoms with Gasteiger partial charge in [0.2, 0.25) is 0 Å². The minimum absolute atomic E-state index is 1.01. The molecule has 3 nitrogen and oxygen atoms in total. The van der Waals surface area contributed by atoms with E-state index in [0.29, 0.717) is 0 Å². The van der Waals surface area contributed by atoms with Crippen molar-refractivity contribution in [2.75, 3.05) is 0 Å². The lowest BCUT2D eigenvalue weighted by atomic mass is 9.97. The van der Waals surface area contributed by atoms with Crippen molar-refractivity contribution in [3.8, 4) is 0 Å². The van der Waals surface area contributed by atoms with E-state index in [1.165, 1.54) is 49.7 Å². The van der Waals surface area contributed by atoms with Gasteiger partial charge in [0.05, 0.1) is 23.3 Å². The zero-order valence-electron chi connectivity index (χ0n) is 16.4. The van der Waals surface area contributed by atoms with Crippen LogP contribution < -0.4 is 4.57 Å². The Labute approximate surface area is 158 Å². The molecule has 0 spiro atoms. The van der Waals surface area contributed by atoms with Gasteiger partial charge in [-0.05, 0) is 60.7 Å². The number of hydrogen-bond acceptors (Lipinski definition) is 1. The van der Waals surface area contributed by atoms with Gasteiger partial charge in [-0.2, -0.15) is 4.40 Å². The SMILES string of the molecule is CCc1cc(CC)c2c3nccc(C)c3c3n(c2c1)c1ccccc1[n+]3C. The van der Waals surface area contributed by atoms with E-state index in [9.17, 15) is 0 Å². The van der Waals surface area contributed by atoms with E-state index >= 15 is 0 Å². The highest BCUT2D eigenvalue weighted by atomic mass is 15.1. The maximum absolute atomic E-state index is 4.87. The van der Waals surface area contributed by atoms with Crippen LogP contribution in [0.15, 0.2) is 48.7 Å². The summed E-state index contributed by atoms with van der Waals surface area (Å²) in [5.74, 6) is 0. The van der Waals surface area contributed by atoms with Crippen LogP contribution in [0.5, 0.6) is 0 Å². The summed E-state index contributed by atoms with van der Waals surface area (Å²) in [7, 11) is 2.17. The molecule has 3 aromatic heterocycles. The molecular weight excluding hydrogens is 330 g/mol. The van der Waals surface area contributed by atoms with E-state index in [-0.39, 0.29) is 0 Å². The first-order valence-electron chi connectivity index (χ1n) is 9.77. The van der Waals surface area contributed by atoms with Crippen LogP contribution >= 0.6 is 0 Å². The average molecular weight is 354 g/mol. The Kier molecular flexibility index (Phi) is 3.48. The van der Waals surface area contributed by atoms with Crippen molar-refractivity contribution >= 4 is 38.5 Å². The lowest BCUT2D eigenvalue weighted by Crippen LogP contribution is -2.27. The Morgan fingerprint density at radius 1 is 0.963 bits per heavy atom. The number of aromatic nitrogens is 3. The normalized spacial score (nSPS) is 12.0. The molecule has 5 rings (SSSR count). The number of hydrogen-bond donors (Lipinski definition) is 0. The minimum Gasteiger partial charge on any atom is -0.255 e. The van der Waals surface area contributed by atoms with Crippen molar-refractivity contribution in [2.45, 2.75) is 33.6 Å². The van der Waals surface area contributed by atoms with E-state index in [1.54, 1.807) is 0 Å². The third-order valence-electron chi connectivity index (χ3n) is 5.92. The maximum Gasteiger partial charge on any atom is 0.297 e. The molecule has 0 amide bonds. The van der Waals surface area contributed by atoms with Gasteiger partial charge in [-0.1, -0.05) is 32.0 Å². The molecule has 27 heavy (non-hydrogen) atoms. The number of imidazole rings is 1. The monoisotopic (exact) mass is 354 g/mol. The predicted octanol–water partition coefficient (Wildman–Crippen LogP) is 5.05. The van der Waals surface area contributed by atoms with Gasteiger partial charge in [0.25, 0.3) is 5.65 Å². The molecule has 0 bridgehead atoms. The van der Waals surface area contributed by atoms with E-state index in [4.69, 9.17) is 4.98 Å². The molecule has 0 fully saturated rings. The van der Waals surface area contributed by atoms with Crippen molar-refractivity contribution in [3.63, 3.8) is 0 Å². The highest BCUT2D eigenvalue weighted by Gasteiger charge is 2.25. The molecule has 0 saturated heterocycles. The number of pyridine rings is 2. The summed E-state index contributed by atoms with van der Waals surface area (Å²) in [5.41, 5.74) is 10.1. The van der Waals surface area contributed by atoms with Crippen LogP contribution in [-0.4, -0.2) is 9.38 Å². The number of rotatable bonds is 2. The Morgan fingerprint density at radius 3 is 2.56 bits per heavy atom. The van der Waals surface area contributed by atoms with E-state index in [0.717, 1.165) is 18.4 Å². The van der Waals surface area contributed by atoms with Gasteiger partial charge in [-0.15, -0.1) is 0 Å². The number of para-hydroxylation sites is 2. The second kappa shape index (κ2) is 5.78. The van der Waals surface area contributed by atoms with Crippen LogP contribution in [0.3, 0.4) is 0 Å². The van der Waals surface area contributed by atoms with Crippen molar-refractivity contribution in [3.05, 3.63) is 65.4 Å². The van der Waals surface area contributed by atoms with Crippen LogP contribution in [0, 0.1) is 6.92 Å². The van der Waals surface area contributed by atoms with Crippen LogP contribution in [0.1, 0.15) is 30.5 Å². The number of benzene rings is 2. The molecular formula is C24H24N3+. The average Bonchev–Trinajstić information content (AvgIpc) is 3.00. The second-order valence-corrected chi connectivity index (χ2v) is 7.41. The van der Waals surface area contributed by atoms with Gasteiger partial charge in [-0.3, -0.25) is 4.98 Å². The molecule has 0 N–H and O–H groups in total. The van der Waals surface area contributed by atoms with Gasteiger partial charge in [-0.25, -0.2) is 4.57 Å². The molecule has 0 aliphatic rings. The third kappa shape index (κ3) is 2.08. The molecule has 0 saturated carbocycles. The molecule has 0 aliphatic carbocycles. The summed E-state index contributed by atoms with van der Waals surface area (Å²) in [5, 5.41) is 2.55. The van der Waals surface area contributed by atoms with Crippen LogP contribution in [0.25, 0.3) is 38.5 Å². The predicted molar refractivity (Wildman–Crippen MR) is 112 cm³/mol. The fraction of sp³-hybridized carbons (Fsp3) is 0.250. The molecule has 134 valence electrons. The topological polar surface area (TPSA) is 21.2 Å². The summed E-state index contributed by atoms with van der Waals surface area (Å²) in [6.07, 6.45) is 3.99. The summed E-state index contributed by atoms with van der Waals surface area (Å²) in [6.45, 7) is 6.67. The van der Waals surface area contributed by atoms with Gasteiger partial charge >= 0.3 is 0 Å². The zero-order valence-corrected chi connectivity index (χ0v) is 16.4. The van der Waals surface area contributed by atoms with Crippen LogP contribution in [-0.2, 0) is 19.9 Å². The van der Waals surface area contributed by atoms with Gasteiger partial charge < -0.3 is 0 Å². The fourth-order valence-corrected chi connectivity index (χ4v) is 4.55. The molecule has 0 radical (unpaired) electrons. The Bertz CT molecular complexity index is 1360. The quantitative estimate of drug-likeness (QED) is 0.321. The third-order valence-corrected chi connectivity index (χ3v) is 5.92. The van der Waals surface area contributed by atoms with Gasteiger partial charge in [0, 0.05) is 6.20 Å². The molecule has 3 heteroatoms. The smallest absolute Gasteiger partial charge is 0.255 e. The standard InChI is InChI=1S/C24H24N3/c1-5-16-13-17(6-2)22-20(14-16)27-19-10-8-7-9-18(19)26(4)24(27)21-15(3)11-12-25-23(21)22/h7-14H,5-6H2,1-4H3/q+1. The summed E-state index contributed by atoms with van der Waals surface area (Å²) in [6, 6.07) is 15.5. The lowest BCUT2D eigenvalue weighted by Gasteiger charge is -2.11. The van der Waals surface area contributed by atoms with Crippen LogP contribution in [0.4, 0.5) is 0 Å². The van der Waals surface area contributed by atoms with Crippen molar-refractivity contribution in [1.82, 2.24) is 9.38 Å². The number of fused-ring (bicyclic) bond motifs is 8. The fourth-order valence-electron chi connectivity index (χ4n) is 4.55. The number of nitrogens with zero attached hydrogens (tertiary/aromatic N) is 3. The van der Waals surface area contributed by atoms with Gasteiger partial charge in [0.1, 0.15) is 5.52 Å². The first-order valence-corrected chi connectivity index (χ1v) is 9.77. The zero-order chi connectivity index (χ0) is 18.7. The van der Waals surface area contributed by atoms with Crippen molar-refractivity contribution < 1.29 is 4.57 Å². The first kappa shape index (κ1) is 16.2. The van der Waals surface area contributed by atoms with Crippen molar-refractivity contribution in [1.29, 1.82) is 0 Å². The molecule has 5 aromatic rings. The maximum atomic E-state index is 4.87. The molecule has 0 aliphatic heterocycles. The summed E-state index contributed by atoms with van der Waals surface area (Å²) < 4.78 is 4.76. The van der Waals surface area contributed by atoms with E-state index in [2.05, 4.69) is 79.3 Å².